The van der Waals surface area contributed by atoms with E-state index in [0.29, 0.717) is 24.6 Å². The number of aromatic nitrogens is 1. The van der Waals surface area contributed by atoms with Gasteiger partial charge in [0.15, 0.2) is 23.9 Å². The van der Waals surface area contributed by atoms with Crippen LogP contribution in [0.4, 0.5) is 0 Å². The van der Waals surface area contributed by atoms with Crippen molar-refractivity contribution in [2.75, 3.05) is 20.8 Å². The molecule has 0 aliphatic carbocycles. The van der Waals surface area contributed by atoms with Gasteiger partial charge < -0.3 is 14.8 Å². The van der Waals surface area contributed by atoms with Gasteiger partial charge in [-0.3, -0.25) is 4.79 Å². The van der Waals surface area contributed by atoms with Crippen LogP contribution >= 0.6 is 0 Å². The number of hydrogen-bond acceptors (Lipinski definition) is 3. The van der Waals surface area contributed by atoms with Crippen LogP contribution in [0.2, 0.25) is 0 Å². The molecule has 25 heavy (non-hydrogen) atoms. The number of methoxy groups -OCH3 is 2. The predicted octanol–water partition coefficient (Wildman–Crippen LogP) is 2.30. The molecule has 0 spiro atoms. The fraction of sp³-hybridized carbons (Fsp3) is 0.400. The van der Waals surface area contributed by atoms with Gasteiger partial charge in [-0.15, -0.1) is 0 Å². The molecule has 5 heteroatoms. The van der Waals surface area contributed by atoms with Crippen LogP contribution in [0, 0.1) is 0 Å². The Labute approximate surface area is 149 Å². The van der Waals surface area contributed by atoms with Crippen molar-refractivity contribution in [2.45, 2.75) is 32.7 Å². The zero-order chi connectivity index (χ0) is 18.1. The summed E-state index contributed by atoms with van der Waals surface area (Å²) in [6.45, 7) is 3.08. The minimum Gasteiger partial charge on any atom is -0.493 e. The number of carbonyl (C=O) groups excluding carboxylic acids is 1. The normalized spacial score (nSPS) is 10.4. The third-order valence-electron chi connectivity index (χ3n) is 4.01. The van der Waals surface area contributed by atoms with Crippen LogP contribution in [0.1, 0.15) is 24.5 Å². The zero-order valence-corrected chi connectivity index (χ0v) is 15.2. The summed E-state index contributed by atoms with van der Waals surface area (Å²) in [5, 5.41) is 2.95. The Morgan fingerprint density at radius 1 is 1.00 bits per heavy atom. The molecule has 1 aromatic carbocycles. The number of hydrogen-bond donors (Lipinski definition) is 1. The summed E-state index contributed by atoms with van der Waals surface area (Å²) in [6.07, 6.45) is 6.85. The molecule has 0 unspecified atom stereocenters. The van der Waals surface area contributed by atoms with E-state index in [2.05, 4.69) is 24.4 Å². The number of benzene rings is 1. The highest BCUT2D eigenvalue weighted by atomic mass is 16.5. The van der Waals surface area contributed by atoms with E-state index in [1.807, 2.05) is 35.2 Å². The number of rotatable bonds is 9. The topological polar surface area (TPSA) is 51.4 Å². The third-order valence-corrected chi connectivity index (χ3v) is 4.01. The highest BCUT2D eigenvalue weighted by molar-refractivity contribution is 5.74. The first kappa shape index (κ1) is 18.8. The number of nitrogens with zero attached hydrogens (tertiary/aromatic N) is 1. The van der Waals surface area contributed by atoms with E-state index in [1.165, 1.54) is 5.56 Å². The molecule has 134 valence electrons. The second kappa shape index (κ2) is 9.67. The summed E-state index contributed by atoms with van der Waals surface area (Å²) in [5.74, 6) is 1.42. The average molecular weight is 343 g/mol. The minimum atomic E-state index is 0.00807. The quantitative estimate of drug-likeness (QED) is 0.711. The van der Waals surface area contributed by atoms with Crippen LogP contribution in [-0.2, 0) is 24.2 Å². The van der Waals surface area contributed by atoms with E-state index in [-0.39, 0.29) is 5.91 Å². The molecule has 5 nitrogen and oxygen atoms in total. The lowest BCUT2D eigenvalue weighted by molar-refractivity contribution is -0.684. The Balaban J connectivity index is 1.80. The van der Waals surface area contributed by atoms with Crippen LogP contribution in [0.5, 0.6) is 11.5 Å². The molecule has 1 aromatic heterocycles. The number of amides is 1. The largest absolute Gasteiger partial charge is 0.493 e. The number of ether oxygens (including phenoxy) is 2. The van der Waals surface area contributed by atoms with Gasteiger partial charge in [0.1, 0.15) is 0 Å². The van der Waals surface area contributed by atoms with Crippen LogP contribution in [0.3, 0.4) is 0 Å². The minimum absolute atomic E-state index is 0.00807. The number of pyridine rings is 1. The molecule has 0 bridgehead atoms. The first-order valence-electron chi connectivity index (χ1n) is 8.61. The molecule has 1 amide bonds. The third kappa shape index (κ3) is 5.78. The molecule has 0 atom stereocenters. The lowest BCUT2D eigenvalue weighted by Crippen LogP contribution is -2.42. The van der Waals surface area contributed by atoms with Crippen molar-refractivity contribution in [3.05, 3.63) is 53.9 Å². The lowest BCUT2D eigenvalue weighted by atomic mass is 10.1. The van der Waals surface area contributed by atoms with Crippen molar-refractivity contribution in [3.63, 3.8) is 0 Å². The number of nitrogens with one attached hydrogen (secondary N) is 1. The van der Waals surface area contributed by atoms with Gasteiger partial charge in [0.05, 0.1) is 14.2 Å². The maximum absolute atomic E-state index is 12.1. The zero-order valence-electron chi connectivity index (χ0n) is 15.2. The molecule has 0 aliphatic rings. The summed E-state index contributed by atoms with van der Waals surface area (Å²) >= 11 is 0. The van der Waals surface area contributed by atoms with Crippen molar-refractivity contribution < 1.29 is 18.8 Å². The Bertz CT molecular complexity index is 684. The number of aryl methyl sites for hydroxylation is 1. The molecule has 0 aliphatic heterocycles. The maximum atomic E-state index is 12.1. The summed E-state index contributed by atoms with van der Waals surface area (Å²) < 4.78 is 12.4. The SMILES string of the molecule is CCCc1cc[n+](CC(=O)NCCc2ccc(OC)c(OC)c2)cc1. The van der Waals surface area contributed by atoms with Gasteiger partial charge in [-0.05, 0) is 36.1 Å². The first-order chi connectivity index (χ1) is 12.2. The van der Waals surface area contributed by atoms with E-state index in [9.17, 15) is 4.79 Å². The van der Waals surface area contributed by atoms with Gasteiger partial charge >= 0.3 is 0 Å². The van der Waals surface area contributed by atoms with E-state index in [1.54, 1.807) is 14.2 Å². The van der Waals surface area contributed by atoms with Crippen LogP contribution in [0.15, 0.2) is 42.7 Å². The highest BCUT2D eigenvalue weighted by Crippen LogP contribution is 2.27. The first-order valence-corrected chi connectivity index (χ1v) is 8.61. The molecule has 2 rings (SSSR count). The van der Waals surface area contributed by atoms with E-state index < -0.39 is 0 Å². The van der Waals surface area contributed by atoms with Crippen LogP contribution in [-0.4, -0.2) is 26.7 Å². The fourth-order valence-electron chi connectivity index (χ4n) is 2.65. The lowest BCUT2D eigenvalue weighted by Gasteiger charge is -2.09. The van der Waals surface area contributed by atoms with Gasteiger partial charge in [0.25, 0.3) is 5.91 Å². The van der Waals surface area contributed by atoms with Crippen molar-refractivity contribution in [1.29, 1.82) is 0 Å². The monoisotopic (exact) mass is 343 g/mol. The summed E-state index contributed by atoms with van der Waals surface area (Å²) in [6, 6.07) is 9.94. The van der Waals surface area contributed by atoms with Crippen molar-refractivity contribution in [1.82, 2.24) is 5.32 Å². The molecule has 0 radical (unpaired) electrons. The molecule has 0 fully saturated rings. The maximum Gasteiger partial charge on any atom is 0.285 e. The molecular formula is C20H27N2O3+. The Hall–Kier alpha value is -2.56. The van der Waals surface area contributed by atoms with Gasteiger partial charge in [-0.2, -0.15) is 4.57 Å². The number of carbonyl (C=O) groups is 1. The Morgan fingerprint density at radius 3 is 2.36 bits per heavy atom. The Kier molecular flexibility index (Phi) is 7.26. The highest BCUT2D eigenvalue weighted by Gasteiger charge is 2.09. The van der Waals surface area contributed by atoms with E-state index in [0.717, 1.165) is 24.8 Å². The van der Waals surface area contributed by atoms with Crippen molar-refractivity contribution in [3.8, 4) is 11.5 Å². The molecule has 2 aromatic rings. The fourth-order valence-corrected chi connectivity index (χ4v) is 2.65. The smallest absolute Gasteiger partial charge is 0.285 e. The van der Waals surface area contributed by atoms with Gasteiger partial charge in [-0.1, -0.05) is 19.4 Å². The van der Waals surface area contributed by atoms with Crippen molar-refractivity contribution in [2.24, 2.45) is 0 Å². The standard InChI is InChI=1S/C20H26N2O3/c1-4-5-16-9-12-22(13-10-16)15-20(23)21-11-8-17-6-7-18(24-2)19(14-17)25-3/h6-7,9-10,12-14H,4-5,8,11,15H2,1-3H3/p+1. The second-order valence-corrected chi connectivity index (χ2v) is 5.92. The molecule has 1 N–H and O–H groups in total. The van der Waals surface area contributed by atoms with E-state index in [4.69, 9.17) is 9.47 Å². The predicted molar refractivity (Wildman–Crippen MR) is 96.9 cm³/mol. The second-order valence-electron chi connectivity index (χ2n) is 5.92. The van der Waals surface area contributed by atoms with E-state index >= 15 is 0 Å². The summed E-state index contributed by atoms with van der Waals surface area (Å²) in [7, 11) is 3.23. The summed E-state index contributed by atoms with van der Waals surface area (Å²) in [4.78, 5) is 12.1. The molecule has 0 saturated carbocycles. The van der Waals surface area contributed by atoms with Gasteiger partial charge in [0.2, 0.25) is 6.54 Å². The molecule has 0 saturated heterocycles. The van der Waals surface area contributed by atoms with Gasteiger partial charge in [0, 0.05) is 18.7 Å². The summed E-state index contributed by atoms with van der Waals surface area (Å²) in [5.41, 5.74) is 2.39. The van der Waals surface area contributed by atoms with Gasteiger partial charge in [-0.25, -0.2) is 0 Å². The average Bonchev–Trinajstić information content (AvgIpc) is 2.63. The Morgan fingerprint density at radius 2 is 1.72 bits per heavy atom. The van der Waals surface area contributed by atoms with Crippen molar-refractivity contribution >= 4 is 5.91 Å². The van der Waals surface area contributed by atoms with Crippen LogP contribution < -0.4 is 19.4 Å². The van der Waals surface area contributed by atoms with Crippen LogP contribution in [0.25, 0.3) is 0 Å². The molecule has 1 heterocycles. The molecular weight excluding hydrogens is 316 g/mol.